The van der Waals surface area contributed by atoms with E-state index in [1.54, 1.807) is 0 Å². The molecular weight excluding hydrogens is 196 g/mol. The van der Waals surface area contributed by atoms with Crippen molar-refractivity contribution >= 4 is 6.03 Å². The summed E-state index contributed by atoms with van der Waals surface area (Å²) in [5, 5.41) is 36.5. The van der Waals surface area contributed by atoms with Gasteiger partial charge in [-0.1, -0.05) is 0 Å². The molecule has 0 aromatic rings. The average Bonchev–Trinajstić information content (AvgIpc) is 2.13. The Balaban J connectivity index is 2.67. The Morgan fingerprint density at radius 1 is 1.36 bits per heavy atom. The highest BCUT2D eigenvalue weighted by molar-refractivity contribution is 5.70. The van der Waals surface area contributed by atoms with Crippen LogP contribution in [0.25, 0.3) is 0 Å². The lowest BCUT2D eigenvalue weighted by atomic mass is 10.0. The fourth-order valence-corrected chi connectivity index (χ4v) is 1.13. The molecule has 4 atom stereocenters. The molecule has 0 aromatic heterocycles. The highest BCUT2D eigenvalue weighted by Gasteiger charge is 2.41. The Hall–Kier alpha value is -0.930. The van der Waals surface area contributed by atoms with Gasteiger partial charge in [-0.25, -0.2) is 4.79 Å². The van der Waals surface area contributed by atoms with Gasteiger partial charge in [-0.15, -0.1) is 0 Å². The lowest BCUT2D eigenvalue weighted by Gasteiger charge is -2.37. The smallest absolute Gasteiger partial charge is 0.341 e. The number of aliphatic hydroxyl groups is 3. The molecule has 0 aliphatic carbocycles. The van der Waals surface area contributed by atoms with Crippen LogP contribution in [0.15, 0.2) is 0 Å². The Kier molecular flexibility index (Phi) is 3.24. The molecule has 8 heteroatoms. The normalized spacial score (nSPS) is 38.0. The zero-order valence-corrected chi connectivity index (χ0v) is 7.15. The van der Waals surface area contributed by atoms with Crippen LogP contribution in [0.2, 0.25) is 0 Å². The first-order valence-electron chi connectivity index (χ1n) is 3.88. The van der Waals surface area contributed by atoms with Crippen molar-refractivity contribution in [1.82, 2.24) is 5.06 Å². The lowest BCUT2D eigenvalue weighted by molar-refractivity contribution is -0.272. The van der Waals surface area contributed by atoms with Gasteiger partial charge >= 0.3 is 6.03 Å². The van der Waals surface area contributed by atoms with Crippen LogP contribution < -0.4 is 5.73 Å². The number of hydroxylamine groups is 2. The van der Waals surface area contributed by atoms with Gasteiger partial charge in [0.05, 0.1) is 6.61 Å². The highest BCUT2D eigenvalue weighted by Crippen LogP contribution is 2.17. The number of urea groups is 1. The number of amides is 2. The number of nitrogens with two attached hydrogens (primary N) is 1. The summed E-state index contributed by atoms with van der Waals surface area (Å²) < 4.78 is 4.71. The van der Waals surface area contributed by atoms with E-state index in [-0.39, 0.29) is 11.7 Å². The summed E-state index contributed by atoms with van der Waals surface area (Å²) in [6, 6.07) is -1.22. The van der Waals surface area contributed by atoms with Gasteiger partial charge < -0.3 is 25.8 Å². The van der Waals surface area contributed by atoms with Gasteiger partial charge in [-0.3, -0.25) is 5.21 Å². The minimum atomic E-state index is -1.61. The number of carbonyl (C=O) groups is 1. The summed E-state index contributed by atoms with van der Waals surface area (Å²) in [4.78, 5) is 10.5. The second-order valence-corrected chi connectivity index (χ2v) is 2.96. The third kappa shape index (κ3) is 1.94. The van der Waals surface area contributed by atoms with Gasteiger partial charge in [0.25, 0.3) is 0 Å². The zero-order valence-electron chi connectivity index (χ0n) is 7.15. The van der Waals surface area contributed by atoms with Gasteiger partial charge in [-0.05, 0) is 0 Å². The van der Waals surface area contributed by atoms with Gasteiger partial charge in [0, 0.05) is 0 Å². The Bertz CT molecular complexity index is 224. The Morgan fingerprint density at radius 3 is 2.43 bits per heavy atom. The van der Waals surface area contributed by atoms with E-state index in [2.05, 4.69) is 0 Å². The van der Waals surface area contributed by atoms with Crippen molar-refractivity contribution < 1.29 is 30.1 Å². The maximum atomic E-state index is 10.5. The van der Waals surface area contributed by atoms with Crippen molar-refractivity contribution in [2.45, 2.75) is 24.5 Å². The quantitative estimate of drug-likeness (QED) is 0.233. The monoisotopic (exact) mass is 208 g/mol. The molecule has 0 aromatic carbocycles. The fourth-order valence-electron chi connectivity index (χ4n) is 1.13. The van der Waals surface area contributed by atoms with Crippen LogP contribution in [0.3, 0.4) is 0 Å². The molecular formula is C6H12N2O6. The van der Waals surface area contributed by atoms with Gasteiger partial charge in [0.15, 0.2) is 6.23 Å². The Morgan fingerprint density at radius 2 is 1.93 bits per heavy atom. The van der Waals surface area contributed by atoms with Crippen molar-refractivity contribution in [2.75, 3.05) is 6.61 Å². The van der Waals surface area contributed by atoms with Gasteiger partial charge in [-0.2, -0.15) is 5.06 Å². The van der Waals surface area contributed by atoms with E-state index < -0.39 is 30.6 Å². The molecule has 1 unspecified atom stereocenters. The molecule has 0 saturated carbocycles. The summed E-state index contributed by atoms with van der Waals surface area (Å²) in [7, 11) is 0. The first-order valence-corrected chi connectivity index (χ1v) is 3.88. The molecule has 0 bridgehead atoms. The number of ether oxygens (including phenoxy) is 1. The molecule has 0 spiro atoms. The van der Waals surface area contributed by atoms with Crippen LogP contribution in [-0.2, 0) is 4.74 Å². The van der Waals surface area contributed by atoms with Crippen molar-refractivity contribution in [1.29, 1.82) is 0 Å². The van der Waals surface area contributed by atoms with E-state index in [1.165, 1.54) is 0 Å². The van der Waals surface area contributed by atoms with Gasteiger partial charge in [0.1, 0.15) is 18.3 Å². The minimum Gasteiger partial charge on any atom is -0.388 e. The molecule has 8 nitrogen and oxygen atoms in total. The van der Waals surface area contributed by atoms with Crippen LogP contribution in [0.4, 0.5) is 4.79 Å². The van der Waals surface area contributed by atoms with Crippen molar-refractivity contribution in [3.63, 3.8) is 0 Å². The maximum Gasteiger partial charge on any atom is 0.341 e. The predicted molar refractivity (Wildman–Crippen MR) is 41.0 cm³/mol. The number of hydrogen-bond acceptors (Lipinski definition) is 6. The summed E-state index contributed by atoms with van der Waals surface area (Å²) in [5.41, 5.74) is 4.71. The first-order chi connectivity index (χ1) is 6.45. The molecule has 14 heavy (non-hydrogen) atoms. The van der Waals surface area contributed by atoms with E-state index in [4.69, 9.17) is 20.8 Å². The van der Waals surface area contributed by atoms with E-state index >= 15 is 0 Å². The fraction of sp³-hybridized carbons (Fsp3) is 0.833. The molecule has 0 radical (unpaired) electrons. The predicted octanol–water partition coefficient (Wildman–Crippen LogP) is -2.80. The lowest BCUT2D eigenvalue weighted by Crippen LogP contribution is -2.60. The summed E-state index contributed by atoms with van der Waals surface area (Å²) >= 11 is 0. The van der Waals surface area contributed by atoms with Crippen LogP contribution in [0.1, 0.15) is 0 Å². The third-order valence-corrected chi connectivity index (χ3v) is 1.94. The molecule has 1 saturated heterocycles. The summed E-state index contributed by atoms with van der Waals surface area (Å²) in [6.45, 7) is -0.312. The summed E-state index contributed by atoms with van der Waals surface area (Å²) in [6.07, 6.45) is -5.84. The zero-order chi connectivity index (χ0) is 10.9. The number of rotatable bonds is 1. The largest absolute Gasteiger partial charge is 0.388 e. The van der Waals surface area contributed by atoms with E-state index in [0.29, 0.717) is 0 Å². The highest BCUT2D eigenvalue weighted by atomic mass is 16.6. The molecule has 2 amide bonds. The van der Waals surface area contributed by atoms with Crippen molar-refractivity contribution in [2.24, 2.45) is 5.73 Å². The SMILES string of the molecule is NC(=O)N(O)C1OC[C@@H](O)[C@@H](O)[C@@H]1O. The second kappa shape index (κ2) is 4.07. The maximum absolute atomic E-state index is 10.5. The molecule has 6 N–H and O–H groups in total. The summed E-state index contributed by atoms with van der Waals surface area (Å²) in [5.74, 6) is 0. The molecule has 1 aliphatic heterocycles. The average molecular weight is 208 g/mol. The van der Waals surface area contributed by atoms with E-state index in [9.17, 15) is 15.0 Å². The Labute approximate surface area is 79.1 Å². The van der Waals surface area contributed by atoms with Gasteiger partial charge in [0.2, 0.25) is 0 Å². The molecule has 82 valence electrons. The van der Waals surface area contributed by atoms with E-state index in [0.717, 1.165) is 0 Å². The topological polar surface area (TPSA) is 136 Å². The van der Waals surface area contributed by atoms with Crippen LogP contribution >= 0.6 is 0 Å². The first kappa shape index (κ1) is 11.1. The van der Waals surface area contributed by atoms with Crippen LogP contribution in [-0.4, -0.2) is 62.8 Å². The number of hydrogen-bond donors (Lipinski definition) is 5. The minimum absolute atomic E-state index is 0.0419. The molecule has 1 aliphatic rings. The number of carbonyl (C=O) groups excluding carboxylic acids is 1. The van der Waals surface area contributed by atoms with E-state index in [1.807, 2.05) is 0 Å². The number of nitrogens with zero attached hydrogens (tertiary/aromatic N) is 1. The molecule has 1 heterocycles. The third-order valence-electron chi connectivity index (χ3n) is 1.94. The number of primary amides is 1. The molecule has 1 rings (SSSR count). The van der Waals surface area contributed by atoms with Crippen molar-refractivity contribution in [3.8, 4) is 0 Å². The molecule has 1 fully saturated rings. The van der Waals surface area contributed by atoms with Crippen LogP contribution in [0, 0.1) is 0 Å². The number of aliphatic hydroxyl groups excluding tert-OH is 3. The van der Waals surface area contributed by atoms with Crippen LogP contribution in [0.5, 0.6) is 0 Å². The van der Waals surface area contributed by atoms with Crippen molar-refractivity contribution in [3.05, 3.63) is 0 Å². The standard InChI is InChI=1S/C6H12N2O6/c7-6(12)8(13)5-4(11)3(10)2(9)1-14-5/h2-5,9-11,13H,1H2,(H2,7,12)/t2-,3-,4+,5?/m1/s1. The second-order valence-electron chi connectivity index (χ2n) is 2.96.